The van der Waals surface area contributed by atoms with Crippen LogP contribution in [0.2, 0.25) is 0 Å². The van der Waals surface area contributed by atoms with Crippen LogP contribution in [-0.4, -0.2) is 67.2 Å². The quantitative estimate of drug-likeness (QED) is 0.397. The van der Waals surface area contributed by atoms with Gasteiger partial charge in [-0.3, -0.25) is 4.79 Å². The zero-order valence-corrected chi connectivity index (χ0v) is 25.0. The first kappa shape index (κ1) is 28.6. The van der Waals surface area contributed by atoms with Gasteiger partial charge in [0.05, 0.1) is 17.4 Å². The first-order valence-electron chi connectivity index (χ1n) is 14.0. The standard InChI is InChI=1S/C29H37N5O3.C2H6/c1-19-8-10-20(11-9-19)22-16-21(29(7)12-13-29)24-30-23(17-34(24)31-22)25(35)33-15-14-32(18-28(33,5)6)26(36)37-27(2,3)4;1-2/h8-11,16-17H,12-15,18H2,1-7H3;1-2H3. The predicted molar refractivity (Wildman–Crippen MR) is 154 cm³/mol. The molecule has 2 amide bonds. The second-order valence-electron chi connectivity index (χ2n) is 12.4. The van der Waals surface area contributed by atoms with Gasteiger partial charge in [-0.25, -0.2) is 14.3 Å². The summed E-state index contributed by atoms with van der Waals surface area (Å²) in [7, 11) is 0. The van der Waals surface area contributed by atoms with Crippen LogP contribution in [0.5, 0.6) is 0 Å². The molecule has 1 saturated heterocycles. The molecule has 8 heteroatoms. The number of hydrogen-bond donors (Lipinski definition) is 0. The summed E-state index contributed by atoms with van der Waals surface area (Å²) in [4.78, 5) is 34.7. The highest BCUT2D eigenvalue weighted by Gasteiger charge is 2.43. The number of aryl methyl sites for hydroxylation is 1. The molecule has 5 rings (SSSR count). The lowest BCUT2D eigenvalue weighted by Crippen LogP contribution is -2.62. The third kappa shape index (κ3) is 5.94. The van der Waals surface area contributed by atoms with Crippen molar-refractivity contribution in [2.75, 3.05) is 19.6 Å². The van der Waals surface area contributed by atoms with Crippen LogP contribution in [0.4, 0.5) is 4.79 Å². The molecule has 1 saturated carbocycles. The molecule has 0 radical (unpaired) electrons. The summed E-state index contributed by atoms with van der Waals surface area (Å²) in [5.74, 6) is -0.150. The molecule has 2 aromatic heterocycles. The van der Waals surface area contributed by atoms with Crippen molar-refractivity contribution in [1.29, 1.82) is 0 Å². The van der Waals surface area contributed by atoms with Crippen LogP contribution in [0.3, 0.4) is 0 Å². The minimum absolute atomic E-state index is 0.0492. The largest absolute Gasteiger partial charge is 0.444 e. The van der Waals surface area contributed by atoms with E-state index in [-0.39, 0.29) is 17.4 Å². The van der Waals surface area contributed by atoms with Crippen molar-refractivity contribution in [2.24, 2.45) is 0 Å². The molecule has 0 unspecified atom stereocenters. The lowest BCUT2D eigenvalue weighted by Gasteiger charge is -2.46. The van der Waals surface area contributed by atoms with Crippen LogP contribution in [0.1, 0.15) is 89.8 Å². The summed E-state index contributed by atoms with van der Waals surface area (Å²) >= 11 is 0. The second-order valence-corrected chi connectivity index (χ2v) is 12.4. The van der Waals surface area contributed by atoms with Gasteiger partial charge in [0.15, 0.2) is 5.65 Å². The molecule has 8 nitrogen and oxygen atoms in total. The maximum Gasteiger partial charge on any atom is 0.410 e. The van der Waals surface area contributed by atoms with E-state index < -0.39 is 11.1 Å². The molecule has 0 atom stereocenters. The van der Waals surface area contributed by atoms with Gasteiger partial charge in [0.25, 0.3) is 5.91 Å². The molecule has 210 valence electrons. The number of piperazine rings is 1. The van der Waals surface area contributed by atoms with E-state index in [0.717, 1.165) is 35.3 Å². The third-order valence-corrected chi connectivity index (χ3v) is 7.44. The molecular weight excluding hydrogens is 490 g/mol. The van der Waals surface area contributed by atoms with Crippen LogP contribution in [-0.2, 0) is 10.2 Å². The van der Waals surface area contributed by atoms with Crippen LogP contribution in [0, 0.1) is 6.92 Å². The highest BCUT2D eigenvalue weighted by Crippen LogP contribution is 2.49. The molecule has 0 N–H and O–H groups in total. The Morgan fingerprint density at radius 1 is 1.00 bits per heavy atom. The number of fused-ring (bicyclic) bond motifs is 1. The molecule has 3 aromatic rings. The van der Waals surface area contributed by atoms with Gasteiger partial charge < -0.3 is 14.5 Å². The number of hydrogen-bond acceptors (Lipinski definition) is 5. The van der Waals surface area contributed by atoms with Crippen LogP contribution >= 0.6 is 0 Å². The fourth-order valence-electron chi connectivity index (χ4n) is 5.00. The zero-order valence-electron chi connectivity index (χ0n) is 25.0. The first-order valence-corrected chi connectivity index (χ1v) is 14.0. The molecule has 1 aromatic carbocycles. The Balaban J connectivity index is 0.00000172. The molecule has 2 aliphatic rings. The number of imidazole rings is 1. The third-order valence-electron chi connectivity index (χ3n) is 7.44. The van der Waals surface area contributed by atoms with E-state index in [4.69, 9.17) is 14.8 Å². The van der Waals surface area contributed by atoms with Crippen LogP contribution in [0.15, 0.2) is 36.5 Å². The van der Waals surface area contributed by atoms with Crippen LogP contribution < -0.4 is 0 Å². The van der Waals surface area contributed by atoms with E-state index in [1.807, 2.05) is 53.4 Å². The van der Waals surface area contributed by atoms with Gasteiger partial charge in [-0.05, 0) is 65.9 Å². The van der Waals surface area contributed by atoms with E-state index >= 15 is 0 Å². The summed E-state index contributed by atoms with van der Waals surface area (Å²) in [6, 6.07) is 10.5. The Bertz CT molecular complexity index is 1360. The van der Waals surface area contributed by atoms with Gasteiger partial charge in [-0.15, -0.1) is 0 Å². The maximum absolute atomic E-state index is 13.7. The molecule has 39 heavy (non-hydrogen) atoms. The number of benzene rings is 1. The SMILES string of the molecule is CC.Cc1ccc(-c2cc(C3(C)CC3)c3nc(C(=O)N4CCN(C(=O)OC(C)(C)C)CC4(C)C)cn3n2)cc1. The van der Waals surface area contributed by atoms with Gasteiger partial charge in [-0.2, -0.15) is 5.10 Å². The average Bonchev–Trinajstić information content (AvgIpc) is 3.46. The van der Waals surface area contributed by atoms with Crippen molar-refractivity contribution < 1.29 is 14.3 Å². The van der Waals surface area contributed by atoms with Crippen molar-refractivity contribution in [3.63, 3.8) is 0 Å². The zero-order chi connectivity index (χ0) is 28.8. The number of aromatic nitrogens is 3. The highest BCUT2D eigenvalue weighted by molar-refractivity contribution is 5.94. The number of ether oxygens (including phenoxy) is 1. The number of carbonyl (C=O) groups excluding carboxylic acids is 2. The molecule has 3 heterocycles. The topological polar surface area (TPSA) is 80.0 Å². The highest BCUT2D eigenvalue weighted by atomic mass is 16.6. The fourth-order valence-corrected chi connectivity index (χ4v) is 5.00. The van der Waals surface area contributed by atoms with Gasteiger partial charge >= 0.3 is 6.09 Å². The molecule has 2 fully saturated rings. The van der Waals surface area contributed by atoms with E-state index in [1.54, 1.807) is 15.6 Å². The van der Waals surface area contributed by atoms with E-state index in [2.05, 4.69) is 44.2 Å². The fraction of sp³-hybridized carbons (Fsp3) is 0.548. The number of rotatable bonds is 3. The molecule has 1 aliphatic heterocycles. The Kier molecular flexibility index (Phi) is 7.54. The van der Waals surface area contributed by atoms with E-state index in [1.165, 1.54) is 5.56 Å². The Morgan fingerprint density at radius 3 is 2.21 bits per heavy atom. The van der Waals surface area contributed by atoms with Crippen molar-refractivity contribution >= 4 is 17.6 Å². The molecule has 0 spiro atoms. The van der Waals surface area contributed by atoms with E-state index in [9.17, 15) is 9.59 Å². The molecule has 0 bridgehead atoms. The average molecular weight is 534 g/mol. The van der Waals surface area contributed by atoms with Gasteiger partial charge in [-0.1, -0.05) is 50.6 Å². The number of amides is 2. The Morgan fingerprint density at radius 2 is 1.64 bits per heavy atom. The Labute approximate surface area is 232 Å². The lowest BCUT2D eigenvalue weighted by molar-refractivity contribution is -0.0110. The predicted octanol–water partition coefficient (Wildman–Crippen LogP) is 6.25. The van der Waals surface area contributed by atoms with Crippen LogP contribution in [0.25, 0.3) is 16.9 Å². The monoisotopic (exact) mass is 533 g/mol. The maximum atomic E-state index is 13.7. The molecular formula is C31H43N5O3. The minimum atomic E-state index is -0.576. The normalized spacial score (nSPS) is 17.9. The van der Waals surface area contributed by atoms with Crippen molar-refractivity contribution in [1.82, 2.24) is 24.4 Å². The number of carbonyl (C=O) groups is 2. The number of nitrogens with zero attached hydrogens (tertiary/aromatic N) is 5. The van der Waals surface area contributed by atoms with E-state index in [0.29, 0.717) is 25.3 Å². The van der Waals surface area contributed by atoms with Crippen molar-refractivity contribution in [2.45, 2.75) is 91.7 Å². The van der Waals surface area contributed by atoms with Gasteiger partial charge in [0.2, 0.25) is 0 Å². The van der Waals surface area contributed by atoms with Gasteiger partial charge in [0.1, 0.15) is 11.3 Å². The smallest absolute Gasteiger partial charge is 0.410 e. The lowest BCUT2D eigenvalue weighted by atomic mass is 9.97. The Hall–Kier alpha value is -3.42. The summed E-state index contributed by atoms with van der Waals surface area (Å²) in [5, 5.41) is 4.84. The summed E-state index contributed by atoms with van der Waals surface area (Å²) in [6.45, 7) is 19.0. The van der Waals surface area contributed by atoms with Gasteiger partial charge in [0, 0.05) is 30.8 Å². The first-order chi connectivity index (χ1) is 18.3. The minimum Gasteiger partial charge on any atom is -0.444 e. The van der Waals surface area contributed by atoms with Crippen molar-refractivity contribution in [3.8, 4) is 11.3 Å². The summed E-state index contributed by atoms with van der Waals surface area (Å²) < 4.78 is 7.32. The van der Waals surface area contributed by atoms with Crippen molar-refractivity contribution in [3.05, 3.63) is 53.3 Å². The second kappa shape index (κ2) is 10.3. The summed E-state index contributed by atoms with van der Waals surface area (Å²) in [6.07, 6.45) is 3.59. The summed E-state index contributed by atoms with van der Waals surface area (Å²) in [5.41, 5.74) is 4.27. The molecule has 1 aliphatic carbocycles.